The summed E-state index contributed by atoms with van der Waals surface area (Å²) >= 11 is 0. The Bertz CT molecular complexity index is 701. The Hall–Kier alpha value is -1.89. The third kappa shape index (κ3) is 2.65. The molecule has 0 saturated carbocycles. The highest BCUT2D eigenvalue weighted by Crippen LogP contribution is 2.23. The summed E-state index contributed by atoms with van der Waals surface area (Å²) in [5.74, 6) is 0. The lowest BCUT2D eigenvalue weighted by Crippen LogP contribution is -2.36. The van der Waals surface area contributed by atoms with Gasteiger partial charge in [-0.3, -0.25) is 0 Å². The number of aryl methyl sites for hydroxylation is 2. The van der Waals surface area contributed by atoms with Crippen LogP contribution in [0.2, 0.25) is 0 Å². The number of rotatable bonds is 5. The Morgan fingerprint density at radius 1 is 0.762 bits per heavy atom. The van der Waals surface area contributed by atoms with E-state index in [2.05, 4.69) is 66.9 Å². The summed E-state index contributed by atoms with van der Waals surface area (Å²) < 4.78 is 2.51. The van der Waals surface area contributed by atoms with Crippen LogP contribution in [0.3, 0.4) is 0 Å². The van der Waals surface area contributed by atoms with Crippen LogP contribution in [0.1, 0.15) is 38.2 Å². The zero-order chi connectivity index (χ0) is 14.7. The van der Waals surface area contributed by atoms with Gasteiger partial charge < -0.3 is 0 Å². The summed E-state index contributed by atoms with van der Waals surface area (Å²) in [6.45, 7) is 5.62. The standard InChI is InChI=1S/C20H24N/c1-3-4-5-10-15-21-19-13-8-6-11-17(19)16(2)18-12-7-9-14-20(18)21/h6-9,11-14H,3-5,10,15H2,1-2H3/q+1. The third-order valence-electron chi connectivity index (χ3n) is 4.43. The van der Waals surface area contributed by atoms with Crippen molar-refractivity contribution in [1.82, 2.24) is 0 Å². The van der Waals surface area contributed by atoms with E-state index in [1.807, 2.05) is 0 Å². The van der Waals surface area contributed by atoms with Crippen LogP contribution >= 0.6 is 0 Å². The Balaban J connectivity index is 2.15. The molecule has 3 aromatic rings. The average molecular weight is 278 g/mol. The maximum atomic E-state index is 2.51. The second-order valence-electron chi connectivity index (χ2n) is 5.87. The summed E-state index contributed by atoms with van der Waals surface area (Å²) in [6, 6.07) is 17.6. The van der Waals surface area contributed by atoms with E-state index in [-0.39, 0.29) is 0 Å². The fraction of sp³-hybridized carbons (Fsp3) is 0.350. The van der Waals surface area contributed by atoms with Gasteiger partial charge in [0.25, 0.3) is 0 Å². The topological polar surface area (TPSA) is 3.88 Å². The first-order chi connectivity index (χ1) is 10.3. The van der Waals surface area contributed by atoms with E-state index in [0.29, 0.717) is 0 Å². The molecule has 2 aromatic carbocycles. The van der Waals surface area contributed by atoms with Gasteiger partial charge in [0.15, 0.2) is 0 Å². The lowest BCUT2D eigenvalue weighted by atomic mass is 10.0. The molecule has 0 bridgehead atoms. The predicted octanol–water partition coefficient (Wildman–Crippen LogP) is 5.17. The molecular weight excluding hydrogens is 254 g/mol. The zero-order valence-electron chi connectivity index (χ0n) is 13.1. The maximum Gasteiger partial charge on any atom is 0.213 e. The molecule has 0 atom stereocenters. The van der Waals surface area contributed by atoms with E-state index in [1.54, 1.807) is 0 Å². The van der Waals surface area contributed by atoms with Gasteiger partial charge in [-0.1, -0.05) is 44.0 Å². The first-order valence-corrected chi connectivity index (χ1v) is 8.13. The van der Waals surface area contributed by atoms with Crippen LogP contribution in [0.25, 0.3) is 21.8 Å². The van der Waals surface area contributed by atoms with Gasteiger partial charge in [0.2, 0.25) is 11.0 Å². The van der Waals surface area contributed by atoms with Gasteiger partial charge in [-0.2, -0.15) is 4.57 Å². The molecule has 0 unspecified atom stereocenters. The molecule has 108 valence electrons. The molecule has 1 heteroatoms. The molecular formula is C20H24N+. The molecule has 0 aliphatic heterocycles. The average Bonchev–Trinajstić information content (AvgIpc) is 2.54. The van der Waals surface area contributed by atoms with E-state index in [4.69, 9.17) is 0 Å². The quantitative estimate of drug-likeness (QED) is 0.344. The van der Waals surface area contributed by atoms with Crippen LogP contribution in [0.5, 0.6) is 0 Å². The van der Waals surface area contributed by atoms with Crippen LogP contribution in [0.15, 0.2) is 48.5 Å². The summed E-state index contributed by atoms with van der Waals surface area (Å²) in [5.41, 5.74) is 4.13. The second-order valence-corrected chi connectivity index (χ2v) is 5.87. The molecule has 0 aliphatic carbocycles. The van der Waals surface area contributed by atoms with Gasteiger partial charge in [-0.15, -0.1) is 0 Å². The van der Waals surface area contributed by atoms with Gasteiger partial charge in [-0.05, 0) is 31.0 Å². The molecule has 21 heavy (non-hydrogen) atoms. The minimum atomic E-state index is 1.11. The molecule has 0 N–H and O–H groups in total. The van der Waals surface area contributed by atoms with Crippen molar-refractivity contribution in [1.29, 1.82) is 0 Å². The minimum Gasteiger partial charge on any atom is -0.191 e. The fourth-order valence-electron chi connectivity index (χ4n) is 3.26. The first-order valence-electron chi connectivity index (χ1n) is 8.13. The van der Waals surface area contributed by atoms with Crippen LogP contribution in [-0.2, 0) is 6.54 Å². The molecule has 1 aromatic heterocycles. The smallest absolute Gasteiger partial charge is 0.191 e. The molecule has 0 spiro atoms. The number of nitrogens with zero attached hydrogens (tertiary/aromatic N) is 1. The van der Waals surface area contributed by atoms with Gasteiger partial charge >= 0.3 is 0 Å². The molecule has 0 radical (unpaired) electrons. The number of benzene rings is 2. The minimum absolute atomic E-state index is 1.11. The second kappa shape index (κ2) is 6.26. The van der Waals surface area contributed by atoms with Crippen LogP contribution in [0.4, 0.5) is 0 Å². The molecule has 0 fully saturated rings. The van der Waals surface area contributed by atoms with E-state index >= 15 is 0 Å². The molecule has 0 saturated heterocycles. The van der Waals surface area contributed by atoms with Gasteiger partial charge in [0, 0.05) is 29.3 Å². The van der Waals surface area contributed by atoms with Gasteiger partial charge in [0.05, 0.1) is 0 Å². The van der Waals surface area contributed by atoms with Crippen LogP contribution < -0.4 is 4.57 Å². The molecule has 0 aliphatic rings. The van der Waals surface area contributed by atoms with E-state index in [9.17, 15) is 0 Å². The van der Waals surface area contributed by atoms with Crippen molar-refractivity contribution >= 4 is 21.8 Å². The number of aromatic nitrogens is 1. The van der Waals surface area contributed by atoms with Crippen molar-refractivity contribution in [2.24, 2.45) is 0 Å². The number of fused-ring (bicyclic) bond motifs is 2. The van der Waals surface area contributed by atoms with Gasteiger partial charge in [0.1, 0.15) is 6.54 Å². The number of hydrogen-bond acceptors (Lipinski definition) is 0. The number of unbranched alkanes of at least 4 members (excludes halogenated alkanes) is 3. The highest BCUT2D eigenvalue weighted by atomic mass is 15.0. The van der Waals surface area contributed by atoms with Gasteiger partial charge in [-0.25, -0.2) is 0 Å². The monoisotopic (exact) mass is 278 g/mol. The lowest BCUT2D eigenvalue weighted by Gasteiger charge is -2.09. The Kier molecular flexibility index (Phi) is 4.19. The number of hydrogen-bond donors (Lipinski definition) is 0. The fourth-order valence-corrected chi connectivity index (χ4v) is 3.26. The first kappa shape index (κ1) is 14.1. The SMILES string of the molecule is CCCCCC[n+]1c2ccccc2c(C)c2ccccc21. The predicted molar refractivity (Wildman–Crippen MR) is 90.5 cm³/mol. The van der Waals surface area contributed by atoms with Crippen molar-refractivity contribution in [3.63, 3.8) is 0 Å². The molecule has 1 nitrogen and oxygen atoms in total. The van der Waals surface area contributed by atoms with Crippen LogP contribution in [-0.4, -0.2) is 0 Å². The van der Waals surface area contributed by atoms with Crippen molar-refractivity contribution in [2.45, 2.75) is 46.1 Å². The number of para-hydroxylation sites is 2. The number of pyridine rings is 1. The highest BCUT2D eigenvalue weighted by Gasteiger charge is 2.17. The van der Waals surface area contributed by atoms with Crippen molar-refractivity contribution in [3.05, 3.63) is 54.1 Å². The Labute approximate surface area is 127 Å². The van der Waals surface area contributed by atoms with E-state index < -0.39 is 0 Å². The van der Waals surface area contributed by atoms with E-state index in [0.717, 1.165) is 6.54 Å². The summed E-state index contributed by atoms with van der Waals surface area (Å²) in [4.78, 5) is 0. The van der Waals surface area contributed by atoms with Crippen LogP contribution in [0, 0.1) is 6.92 Å². The summed E-state index contributed by atoms with van der Waals surface area (Å²) in [5, 5.41) is 2.76. The maximum absolute atomic E-state index is 2.51. The molecule has 3 rings (SSSR count). The lowest BCUT2D eigenvalue weighted by molar-refractivity contribution is -0.645. The summed E-state index contributed by atoms with van der Waals surface area (Å²) in [6.07, 6.45) is 5.21. The largest absolute Gasteiger partial charge is 0.213 e. The molecule has 0 amide bonds. The Morgan fingerprint density at radius 3 is 1.90 bits per heavy atom. The zero-order valence-corrected chi connectivity index (χ0v) is 13.1. The highest BCUT2D eigenvalue weighted by molar-refractivity contribution is 5.93. The van der Waals surface area contributed by atoms with Crippen molar-refractivity contribution < 1.29 is 4.57 Å². The third-order valence-corrected chi connectivity index (χ3v) is 4.43. The Morgan fingerprint density at radius 2 is 1.33 bits per heavy atom. The summed E-state index contributed by atoms with van der Waals surface area (Å²) in [7, 11) is 0. The normalized spacial score (nSPS) is 11.3. The molecule has 1 heterocycles. The van der Waals surface area contributed by atoms with E-state index in [1.165, 1.54) is 53.1 Å². The van der Waals surface area contributed by atoms with Crippen molar-refractivity contribution in [3.8, 4) is 0 Å². The van der Waals surface area contributed by atoms with Crippen molar-refractivity contribution in [2.75, 3.05) is 0 Å².